The third-order valence-electron chi connectivity index (χ3n) is 3.33. The number of ether oxygens (including phenoxy) is 1. The van der Waals surface area contributed by atoms with Gasteiger partial charge in [-0.25, -0.2) is 0 Å². The zero-order valence-electron chi connectivity index (χ0n) is 9.97. The molecule has 2 aromatic carbocycles. The van der Waals surface area contributed by atoms with Gasteiger partial charge in [0.25, 0.3) is 0 Å². The molecule has 0 bridgehead atoms. The van der Waals surface area contributed by atoms with Gasteiger partial charge in [-0.2, -0.15) is 0 Å². The minimum absolute atomic E-state index is 0.338. The molecule has 0 spiro atoms. The topological polar surface area (TPSA) is 12.5 Å². The van der Waals surface area contributed by atoms with Gasteiger partial charge >= 0.3 is 0 Å². The van der Waals surface area contributed by atoms with Crippen molar-refractivity contribution in [3.8, 4) is 11.1 Å². The smallest absolute Gasteiger partial charge is 0.109 e. The molecule has 0 aliphatic carbocycles. The van der Waals surface area contributed by atoms with Gasteiger partial charge in [0.15, 0.2) is 0 Å². The zero-order valence-corrected chi connectivity index (χ0v) is 9.97. The van der Waals surface area contributed by atoms with Crippen LogP contribution in [0, 0.1) is 0 Å². The van der Waals surface area contributed by atoms with Gasteiger partial charge in [-0.05, 0) is 23.1 Å². The summed E-state index contributed by atoms with van der Waals surface area (Å²) < 4.78 is 5.60. The third kappa shape index (κ3) is 2.11. The number of hydrogen-bond donors (Lipinski definition) is 0. The Balaban J connectivity index is 1.82. The van der Waals surface area contributed by atoms with E-state index in [4.69, 9.17) is 4.74 Å². The van der Waals surface area contributed by atoms with Crippen LogP contribution in [0.2, 0.25) is 0 Å². The first-order valence-corrected chi connectivity index (χ1v) is 6.19. The molecule has 0 saturated carbocycles. The zero-order chi connectivity index (χ0) is 11.7. The molecule has 2 unspecified atom stereocenters. The van der Waals surface area contributed by atoms with E-state index in [0.29, 0.717) is 12.2 Å². The van der Waals surface area contributed by atoms with Gasteiger partial charge in [0.2, 0.25) is 0 Å². The van der Waals surface area contributed by atoms with Crippen molar-refractivity contribution in [2.75, 3.05) is 0 Å². The van der Waals surface area contributed by atoms with E-state index in [0.717, 1.165) is 6.42 Å². The first-order chi connectivity index (χ1) is 8.38. The lowest BCUT2D eigenvalue weighted by Crippen LogP contribution is -1.86. The average Bonchev–Trinajstić information content (AvgIpc) is 3.19. The Hall–Kier alpha value is -1.60. The fourth-order valence-corrected chi connectivity index (χ4v) is 2.24. The van der Waals surface area contributed by atoms with E-state index in [1.165, 1.54) is 16.7 Å². The molecular weight excluding hydrogens is 208 g/mol. The molecule has 2 atom stereocenters. The predicted molar refractivity (Wildman–Crippen MR) is 69.8 cm³/mol. The molecule has 2 aromatic rings. The first kappa shape index (κ1) is 10.5. The van der Waals surface area contributed by atoms with Crippen molar-refractivity contribution in [1.82, 2.24) is 0 Å². The van der Waals surface area contributed by atoms with Crippen LogP contribution in [-0.4, -0.2) is 6.10 Å². The molecule has 1 heterocycles. The minimum atomic E-state index is 0.338. The summed E-state index contributed by atoms with van der Waals surface area (Å²) in [5.74, 6) is 0. The molecule has 0 N–H and O–H groups in total. The van der Waals surface area contributed by atoms with Gasteiger partial charge in [0, 0.05) is 0 Å². The van der Waals surface area contributed by atoms with Crippen LogP contribution in [0.3, 0.4) is 0 Å². The molecule has 17 heavy (non-hydrogen) atoms. The van der Waals surface area contributed by atoms with Gasteiger partial charge in [-0.15, -0.1) is 0 Å². The molecule has 0 amide bonds. The van der Waals surface area contributed by atoms with E-state index >= 15 is 0 Å². The molecule has 1 aliphatic heterocycles. The minimum Gasteiger partial charge on any atom is -0.365 e. The summed E-state index contributed by atoms with van der Waals surface area (Å²) in [5.41, 5.74) is 3.84. The van der Waals surface area contributed by atoms with E-state index in [1.807, 2.05) is 6.07 Å². The fraction of sp³-hybridized carbons (Fsp3) is 0.250. The lowest BCUT2D eigenvalue weighted by atomic mass is 10.0. The number of epoxide rings is 1. The fourth-order valence-electron chi connectivity index (χ4n) is 2.24. The molecule has 0 aromatic heterocycles. The van der Waals surface area contributed by atoms with Crippen molar-refractivity contribution in [1.29, 1.82) is 0 Å². The highest BCUT2D eigenvalue weighted by molar-refractivity contribution is 5.63. The molecule has 1 fully saturated rings. The molecule has 3 rings (SSSR count). The lowest BCUT2D eigenvalue weighted by Gasteiger charge is -2.02. The van der Waals surface area contributed by atoms with Crippen LogP contribution in [0.1, 0.15) is 25.0 Å². The molecule has 86 valence electrons. The highest BCUT2D eigenvalue weighted by Crippen LogP contribution is 2.40. The molecule has 1 aliphatic rings. The second kappa shape index (κ2) is 4.34. The van der Waals surface area contributed by atoms with Crippen LogP contribution in [-0.2, 0) is 4.74 Å². The Labute approximate surface area is 102 Å². The Morgan fingerprint density at radius 1 is 0.882 bits per heavy atom. The van der Waals surface area contributed by atoms with E-state index in [-0.39, 0.29) is 0 Å². The van der Waals surface area contributed by atoms with Crippen LogP contribution in [0.25, 0.3) is 11.1 Å². The molecule has 1 heteroatoms. The quantitative estimate of drug-likeness (QED) is 0.712. The van der Waals surface area contributed by atoms with Gasteiger partial charge in [-0.3, -0.25) is 0 Å². The summed E-state index contributed by atoms with van der Waals surface area (Å²) in [7, 11) is 0. The van der Waals surface area contributed by atoms with Gasteiger partial charge in [0.05, 0.1) is 6.10 Å². The lowest BCUT2D eigenvalue weighted by molar-refractivity contribution is 0.370. The number of rotatable bonds is 3. The maximum Gasteiger partial charge on any atom is 0.109 e. The third-order valence-corrected chi connectivity index (χ3v) is 3.33. The summed E-state index contributed by atoms with van der Waals surface area (Å²) in [6.07, 6.45) is 1.88. The molecule has 0 radical (unpaired) electrons. The van der Waals surface area contributed by atoms with Crippen LogP contribution < -0.4 is 0 Å². The van der Waals surface area contributed by atoms with Crippen LogP contribution in [0.4, 0.5) is 0 Å². The predicted octanol–water partition coefficient (Wildman–Crippen LogP) is 4.20. The molecule has 1 nitrogen and oxygen atoms in total. The van der Waals surface area contributed by atoms with Crippen LogP contribution in [0.5, 0.6) is 0 Å². The Bertz CT molecular complexity index is 487. The van der Waals surface area contributed by atoms with Crippen molar-refractivity contribution in [3.63, 3.8) is 0 Å². The van der Waals surface area contributed by atoms with Crippen molar-refractivity contribution in [2.24, 2.45) is 0 Å². The first-order valence-electron chi connectivity index (χ1n) is 6.19. The Kier molecular flexibility index (Phi) is 2.69. The summed E-state index contributed by atoms with van der Waals surface area (Å²) in [6, 6.07) is 19.2. The van der Waals surface area contributed by atoms with E-state index in [1.54, 1.807) is 0 Å². The maximum atomic E-state index is 5.60. The number of benzene rings is 2. The summed E-state index contributed by atoms with van der Waals surface area (Å²) in [4.78, 5) is 0. The van der Waals surface area contributed by atoms with Gasteiger partial charge < -0.3 is 4.74 Å². The van der Waals surface area contributed by atoms with Crippen molar-refractivity contribution >= 4 is 0 Å². The van der Waals surface area contributed by atoms with Crippen LogP contribution in [0.15, 0.2) is 54.6 Å². The standard InChI is InChI=1S/C16H16O/c1-2-15-16(17-15)14-10-8-13(9-11-14)12-6-4-3-5-7-12/h3-11,15-16H,2H2,1H3. The highest BCUT2D eigenvalue weighted by Gasteiger charge is 2.38. The molecular formula is C16H16O. The summed E-state index contributed by atoms with van der Waals surface area (Å²) in [6.45, 7) is 2.17. The summed E-state index contributed by atoms with van der Waals surface area (Å²) >= 11 is 0. The van der Waals surface area contributed by atoms with Gasteiger partial charge in [-0.1, -0.05) is 61.5 Å². The second-order valence-electron chi connectivity index (χ2n) is 4.49. The van der Waals surface area contributed by atoms with Crippen molar-refractivity contribution in [3.05, 3.63) is 60.2 Å². The maximum absolute atomic E-state index is 5.60. The summed E-state index contributed by atoms with van der Waals surface area (Å²) in [5, 5.41) is 0. The van der Waals surface area contributed by atoms with Crippen LogP contribution >= 0.6 is 0 Å². The normalized spacial score (nSPS) is 22.4. The van der Waals surface area contributed by atoms with Crippen molar-refractivity contribution in [2.45, 2.75) is 25.6 Å². The van der Waals surface area contributed by atoms with E-state index in [2.05, 4.69) is 55.5 Å². The Morgan fingerprint density at radius 2 is 1.53 bits per heavy atom. The van der Waals surface area contributed by atoms with Crippen molar-refractivity contribution < 1.29 is 4.74 Å². The monoisotopic (exact) mass is 224 g/mol. The number of hydrogen-bond acceptors (Lipinski definition) is 1. The Morgan fingerprint density at radius 3 is 2.12 bits per heavy atom. The second-order valence-corrected chi connectivity index (χ2v) is 4.49. The SMILES string of the molecule is CCC1OC1c1ccc(-c2ccccc2)cc1. The average molecular weight is 224 g/mol. The van der Waals surface area contributed by atoms with E-state index < -0.39 is 0 Å². The largest absolute Gasteiger partial charge is 0.365 e. The van der Waals surface area contributed by atoms with E-state index in [9.17, 15) is 0 Å². The molecule has 1 saturated heterocycles. The highest BCUT2D eigenvalue weighted by atomic mass is 16.6. The van der Waals surface area contributed by atoms with Gasteiger partial charge in [0.1, 0.15) is 6.10 Å².